The molecule has 1 aromatic carbocycles. The van der Waals surface area contributed by atoms with Crippen molar-refractivity contribution in [3.8, 4) is 0 Å². The topological polar surface area (TPSA) is 64.7 Å². The summed E-state index contributed by atoms with van der Waals surface area (Å²) < 4.78 is 0. The number of nitrogens with zero attached hydrogens (tertiary/aromatic N) is 2. The minimum Gasteiger partial charge on any atom is -0.369 e. The first-order valence-electron chi connectivity index (χ1n) is 8.92. The van der Waals surface area contributed by atoms with Crippen LogP contribution in [0.25, 0.3) is 0 Å². The largest absolute Gasteiger partial charge is 0.369 e. The SMILES string of the molecule is O=C(NCCN1CCN(c2ccc(Cl)cc2)CC1)C(=O)NCc1ccsc1. The number of carbonyl (C=O) groups is 2. The van der Waals surface area contributed by atoms with Crippen LogP contribution in [0.4, 0.5) is 5.69 Å². The summed E-state index contributed by atoms with van der Waals surface area (Å²) >= 11 is 7.50. The zero-order valence-electron chi connectivity index (χ0n) is 15.0. The van der Waals surface area contributed by atoms with Gasteiger partial charge >= 0.3 is 11.8 Å². The van der Waals surface area contributed by atoms with E-state index in [-0.39, 0.29) is 0 Å². The summed E-state index contributed by atoms with van der Waals surface area (Å²) in [5, 5.41) is 9.95. The molecular weight excluding hydrogens is 384 g/mol. The minimum absolute atomic E-state index is 0.377. The lowest BCUT2D eigenvalue weighted by Crippen LogP contribution is -2.49. The van der Waals surface area contributed by atoms with E-state index in [1.54, 1.807) is 11.3 Å². The Hall–Kier alpha value is -2.09. The van der Waals surface area contributed by atoms with Crippen LogP contribution < -0.4 is 15.5 Å². The van der Waals surface area contributed by atoms with Crippen LogP contribution in [0.2, 0.25) is 5.02 Å². The number of nitrogens with one attached hydrogen (secondary N) is 2. The van der Waals surface area contributed by atoms with Gasteiger partial charge in [0.25, 0.3) is 0 Å². The molecule has 1 aliphatic heterocycles. The number of hydrogen-bond acceptors (Lipinski definition) is 5. The lowest BCUT2D eigenvalue weighted by Gasteiger charge is -2.36. The number of amides is 2. The molecule has 1 aromatic heterocycles. The predicted molar refractivity (Wildman–Crippen MR) is 109 cm³/mol. The van der Waals surface area contributed by atoms with Crippen molar-refractivity contribution in [3.05, 3.63) is 51.7 Å². The van der Waals surface area contributed by atoms with E-state index >= 15 is 0 Å². The number of piperazine rings is 1. The molecule has 0 saturated carbocycles. The first-order valence-corrected chi connectivity index (χ1v) is 10.2. The number of rotatable bonds is 6. The second-order valence-electron chi connectivity index (χ2n) is 6.38. The average Bonchev–Trinajstić information content (AvgIpc) is 3.21. The van der Waals surface area contributed by atoms with Crippen molar-refractivity contribution in [2.24, 2.45) is 0 Å². The molecule has 0 bridgehead atoms. The monoisotopic (exact) mass is 406 g/mol. The Labute approximate surface area is 168 Å². The summed E-state index contributed by atoms with van der Waals surface area (Å²) in [4.78, 5) is 28.3. The molecule has 0 spiro atoms. The maximum Gasteiger partial charge on any atom is 0.309 e. The van der Waals surface area contributed by atoms with Gasteiger partial charge in [0.15, 0.2) is 0 Å². The van der Waals surface area contributed by atoms with Crippen LogP contribution >= 0.6 is 22.9 Å². The quantitative estimate of drug-likeness (QED) is 0.720. The molecule has 0 radical (unpaired) electrons. The van der Waals surface area contributed by atoms with E-state index in [0.29, 0.717) is 13.1 Å². The van der Waals surface area contributed by atoms with Crippen molar-refractivity contribution < 1.29 is 9.59 Å². The maximum atomic E-state index is 11.9. The van der Waals surface area contributed by atoms with Crippen LogP contribution in [0.1, 0.15) is 5.56 Å². The third kappa shape index (κ3) is 5.95. The van der Waals surface area contributed by atoms with Gasteiger partial charge in [-0.05, 0) is 46.7 Å². The minimum atomic E-state index is -0.589. The first kappa shape index (κ1) is 19.7. The lowest BCUT2D eigenvalue weighted by atomic mass is 10.2. The van der Waals surface area contributed by atoms with E-state index in [4.69, 9.17) is 11.6 Å². The number of halogens is 1. The van der Waals surface area contributed by atoms with Crippen LogP contribution in [0.5, 0.6) is 0 Å². The summed E-state index contributed by atoms with van der Waals surface area (Å²) in [5.41, 5.74) is 2.18. The highest BCUT2D eigenvalue weighted by Crippen LogP contribution is 2.19. The van der Waals surface area contributed by atoms with Crippen LogP contribution in [0.3, 0.4) is 0 Å². The third-order valence-electron chi connectivity index (χ3n) is 4.52. The molecule has 1 fully saturated rings. The molecule has 0 unspecified atom stereocenters. The molecule has 1 aliphatic rings. The smallest absolute Gasteiger partial charge is 0.309 e. The molecule has 3 rings (SSSR count). The summed E-state index contributed by atoms with van der Waals surface area (Å²) in [5.74, 6) is -1.17. The number of thiophene rings is 1. The van der Waals surface area contributed by atoms with E-state index in [9.17, 15) is 9.59 Å². The molecule has 1 saturated heterocycles. The molecule has 2 aromatic rings. The Balaban J connectivity index is 1.32. The third-order valence-corrected chi connectivity index (χ3v) is 5.50. The molecule has 144 valence electrons. The Morgan fingerprint density at radius 2 is 1.70 bits per heavy atom. The average molecular weight is 407 g/mol. The van der Waals surface area contributed by atoms with Gasteiger partial charge in [-0.2, -0.15) is 11.3 Å². The van der Waals surface area contributed by atoms with Crippen molar-refractivity contribution in [2.45, 2.75) is 6.54 Å². The number of carbonyl (C=O) groups excluding carboxylic acids is 2. The molecule has 8 heteroatoms. The van der Waals surface area contributed by atoms with E-state index in [2.05, 4.69) is 20.4 Å². The number of hydrogen-bond donors (Lipinski definition) is 2. The Kier molecular flexibility index (Phi) is 7.09. The number of benzene rings is 1. The van der Waals surface area contributed by atoms with Gasteiger partial charge in [0.2, 0.25) is 0 Å². The van der Waals surface area contributed by atoms with Crippen LogP contribution in [-0.4, -0.2) is 56.0 Å². The summed E-state index contributed by atoms with van der Waals surface area (Å²) in [7, 11) is 0. The van der Waals surface area contributed by atoms with Gasteiger partial charge in [-0.15, -0.1) is 0 Å². The first-order chi connectivity index (χ1) is 13.1. The fourth-order valence-corrected chi connectivity index (χ4v) is 3.74. The normalized spacial score (nSPS) is 14.8. The molecule has 2 amide bonds. The van der Waals surface area contributed by atoms with Gasteiger partial charge < -0.3 is 15.5 Å². The fourth-order valence-electron chi connectivity index (χ4n) is 2.95. The summed E-state index contributed by atoms with van der Waals surface area (Å²) in [6.45, 7) is 5.27. The van der Waals surface area contributed by atoms with Gasteiger partial charge in [0, 0.05) is 56.5 Å². The van der Waals surface area contributed by atoms with Crippen molar-refractivity contribution in [2.75, 3.05) is 44.2 Å². The highest BCUT2D eigenvalue weighted by molar-refractivity contribution is 7.07. The predicted octanol–water partition coefficient (Wildman–Crippen LogP) is 1.96. The molecule has 2 heterocycles. The van der Waals surface area contributed by atoms with Crippen LogP contribution in [-0.2, 0) is 16.1 Å². The van der Waals surface area contributed by atoms with E-state index in [1.165, 1.54) is 5.69 Å². The van der Waals surface area contributed by atoms with E-state index in [1.807, 2.05) is 41.1 Å². The highest BCUT2D eigenvalue weighted by atomic mass is 35.5. The zero-order valence-corrected chi connectivity index (χ0v) is 16.6. The van der Waals surface area contributed by atoms with E-state index < -0.39 is 11.8 Å². The molecular formula is C19H23ClN4O2S. The molecule has 0 atom stereocenters. The molecule has 6 nitrogen and oxygen atoms in total. The van der Waals surface area contributed by atoms with Crippen LogP contribution in [0, 0.1) is 0 Å². The molecule has 0 aliphatic carbocycles. The second kappa shape index (κ2) is 9.73. The zero-order chi connectivity index (χ0) is 19.1. The maximum absolute atomic E-state index is 11.9. The van der Waals surface area contributed by atoms with Gasteiger partial charge in [-0.1, -0.05) is 11.6 Å². The Morgan fingerprint density at radius 1 is 1.00 bits per heavy atom. The van der Waals surface area contributed by atoms with Crippen molar-refractivity contribution in [1.29, 1.82) is 0 Å². The summed E-state index contributed by atoms with van der Waals surface area (Å²) in [6.07, 6.45) is 0. The van der Waals surface area contributed by atoms with Gasteiger partial charge in [0.05, 0.1) is 0 Å². The molecule has 2 N–H and O–H groups in total. The van der Waals surface area contributed by atoms with Crippen molar-refractivity contribution in [3.63, 3.8) is 0 Å². The Bertz CT molecular complexity index is 744. The lowest BCUT2D eigenvalue weighted by molar-refractivity contribution is -0.139. The van der Waals surface area contributed by atoms with Gasteiger partial charge in [0.1, 0.15) is 0 Å². The fraction of sp³-hybridized carbons (Fsp3) is 0.368. The van der Waals surface area contributed by atoms with E-state index in [0.717, 1.165) is 43.3 Å². The van der Waals surface area contributed by atoms with Gasteiger partial charge in [-0.3, -0.25) is 14.5 Å². The van der Waals surface area contributed by atoms with Gasteiger partial charge in [-0.25, -0.2) is 0 Å². The second-order valence-corrected chi connectivity index (χ2v) is 7.59. The van der Waals surface area contributed by atoms with Crippen molar-refractivity contribution >= 4 is 40.4 Å². The molecule has 27 heavy (non-hydrogen) atoms. The summed E-state index contributed by atoms with van der Waals surface area (Å²) in [6, 6.07) is 9.80. The highest BCUT2D eigenvalue weighted by Gasteiger charge is 2.18. The van der Waals surface area contributed by atoms with Crippen molar-refractivity contribution in [1.82, 2.24) is 15.5 Å². The number of anilines is 1. The Morgan fingerprint density at radius 3 is 2.37 bits per heavy atom. The standard InChI is InChI=1S/C19H23ClN4O2S/c20-16-1-3-17(4-2-16)24-10-8-23(9-11-24)7-6-21-18(25)19(26)22-13-15-5-12-27-14-15/h1-5,12,14H,6-11,13H2,(H,21,25)(H,22,26). The van der Waals surface area contributed by atoms with Crippen LogP contribution in [0.15, 0.2) is 41.1 Å².